The Morgan fingerprint density at radius 1 is 0.956 bits per heavy atom. The molecule has 0 fully saturated rings. The third-order valence-electron chi connectivity index (χ3n) is 11.8. The van der Waals surface area contributed by atoms with Crippen LogP contribution in [0.5, 0.6) is 11.5 Å². The van der Waals surface area contributed by atoms with Crippen LogP contribution in [0.4, 0.5) is 0 Å². The van der Waals surface area contributed by atoms with Crippen molar-refractivity contribution in [1.82, 2.24) is 36.1 Å². The number of aliphatic hydroxyl groups is 1. The van der Waals surface area contributed by atoms with E-state index in [1.54, 1.807) is 44.2 Å². The molecular formula is C50H69N11O7. The minimum atomic E-state index is -1.46. The number of aryl methyl sites for hydroxylation is 1. The monoisotopic (exact) mass is 936 g/mol. The van der Waals surface area contributed by atoms with Crippen LogP contribution in [-0.2, 0) is 26.2 Å². The van der Waals surface area contributed by atoms with Gasteiger partial charge in [0.1, 0.15) is 43.0 Å². The first kappa shape index (κ1) is 52.7. The summed E-state index contributed by atoms with van der Waals surface area (Å²) in [6.07, 6.45) is 0.0798. The molecule has 1 aromatic heterocycles. The fourth-order valence-corrected chi connectivity index (χ4v) is 7.67. The lowest BCUT2D eigenvalue weighted by atomic mass is 9.87. The van der Waals surface area contributed by atoms with E-state index in [2.05, 4.69) is 52.0 Å². The molecule has 366 valence electrons. The molecule has 1 aliphatic heterocycles. The Bertz CT molecular complexity index is 2420. The molecule has 18 heteroatoms. The van der Waals surface area contributed by atoms with Crippen molar-refractivity contribution in [3.63, 3.8) is 0 Å². The van der Waals surface area contributed by atoms with E-state index in [0.29, 0.717) is 51.0 Å². The molecular weight excluding hydrogens is 867 g/mol. The van der Waals surface area contributed by atoms with E-state index in [4.69, 9.17) is 32.1 Å². The number of rotatable bonds is 17. The Labute approximate surface area is 399 Å². The molecule has 2 heterocycles. The van der Waals surface area contributed by atoms with Crippen LogP contribution in [0.2, 0.25) is 0 Å². The largest absolute Gasteiger partial charge is 0.492 e. The summed E-state index contributed by atoms with van der Waals surface area (Å²) in [5.74, 6) is -1.22. The van der Waals surface area contributed by atoms with Gasteiger partial charge in [0.15, 0.2) is 5.82 Å². The van der Waals surface area contributed by atoms with E-state index in [9.17, 15) is 24.3 Å². The Morgan fingerprint density at radius 2 is 1.59 bits per heavy atom. The van der Waals surface area contributed by atoms with Gasteiger partial charge >= 0.3 is 0 Å². The first-order valence-electron chi connectivity index (χ1n) is 23.0. The van der Waals surface area contributed by atoms with Gasteiger partial charge in [0.05, 0.1) is 29.9 Å². The van der Waals surface area contributed by atoms with E-state index >= 15 is 0 Å². The van der Waals surface area contributed by atoms with E-state index in [-0.39, 0.29) is 69.1 Å². The molecule has 18 nitrogen and oxygen atoms in total. The number of hydrogen-bond donors (Lipinski definition) is 9. The summed E-state index contributed by atoms with van der Waals surface area (Å²) >= 11 is 0. The number of aliphatic hydroxyl groups excluding tert-OH is 1. The number of amides is 4. The molecule has 1 aliphatic rings. The molecule has 12 N–H and O–H groups in total. The van der Waals surface area contributed by atoms with Gasteiger partial charge in [-0.25, -0.2) is 9.97 Å². The summed E-state index contributed by atoms with van der Waals surface area (Å²) in [6.45, 7) is 14.1. The summed E-state index contributed by atoms with van der Waals surface area (Å²) < 4.78 is 12.3. The standard InChI is InChI=1S/C50H69N11O7/c1-28(2)38(54)27-56-47(64)40-24-31-9-15-41(67-21-19-52)35(23-31)36-25-33(12-16-42(36)68-22-20-53)43(48(65)58-30(4)45(62)60-40)61(8)49(66)39(17-18-51)59-46(63)37-26-55-44(57-29(37)3)32-10-13-34(14-11-32)50(5,6)7/h9-16,23,25-26,28,30,39-40,43,45,54,60,62H,17-22,24,27,51-53H2,1-8H3,(H,56,64)(H,58,65)(H,59,63). The second-order valence-electron chi connectivity index (χ2n) is 18.4. The molecule has 3 aromatic carbocycles. The second-order valence-corrected chi connectivity index (χ2v) is 18.4. The molecule has 0 spiro atoms. The number of likely N-dealkylation sites (N-methyl/N-ethyl adjacent to an activating group) is 1. The van der Waals surface area contributed by atoms with E-state index in [0.717, 1.165) is 11.1 Å². The van der Waals surface area contributed by atoms with Crippen molar-refractivity contribution in [3.8, 4) is 34.0 Å². The molecule has 68 heavy (non-hydrogen) atoms. The van der Waals surface area contributed by atoms with Crippen LogP contribution < -0.4 is 47.9 Å². The van der Waals surface area contributed by atoms with Gasteiger partial charge < -0.3 is 58.0 Å². The number of carbonyl (C=O) groups excluding carboxylic acids is 4. The van der Waals surface area contributed by atoms with Crippen molar-refractivity contribution in [1.29, 1.82) is 5.41 Å². The van der Waals surface area contributed by atoms with Gasteiger partial charge in [-0.15, -0.1) is 0 Å². The molecule has 5 atom stereocenters. The van der Waals surface area contributed by atoms with Crippen LogP contribution in [0.15, 0.2) is 66.9 Å². The van der Waals surface area contributed by atoms with Gasteiger partial charge in [-0.05, 0) is 85.5 Å². The summed E-state index contributed by atoms with van der Waals surface area (Å²) in [5, 5.41) is 31.3. The topological polar surface area (TPSA) is 286 Å². The minimum absolute atomic E-state index is 0.00302. The smallest absolute Gasteiger partial charge is 0.255 e. The quantitative estimate of drug-likeness (QED) is 0.0690. The van der Waals surface area contributed by atoms with Gasteiger partial charge in [-0.2, -0.15) is 0 Å². The second kappa shape index (κ2) is 23.6. The summed E-state index contributed by atoms with van der Waals surface area (Å²) in [4.78, 5) is 67.5. The van der Waals surface area contributed by atoms with Crippen LogP contribution in [-0.4, -0.2) is 120 Å². The van der Waals surface area contributed by atoms with Crippen LogP contribution in [0.3, 0.4) is 0 Å². The van der Waals surface area contributed by atoms with Crippen molar-refractivity contribution in [2.24, 2.45) is 23.1 Å². The fraction of sp³-hybridized carbons (Fsp3) is 0.460. The highest BCUT2D eigenvalue weighted by Crippen LogP contribution is 2.40. The fourth-order valence-electron chi connectivity index (χ4n) is 7.67. The van der Waals surface area contributed by atoms with Crippen molar-refractivity contribution in [3.05, 3.63) is 94.8 Å². The molecule has 4 bridgehead atoms. The van der Waals surface area contributed by atoms with Crippen molar-refractivity contribution >= 4 is 29.3 Å². The lowest BCUT2D eigenvalue weighted by molar-refractivity contribution is -0.141. The molecule has 4 aromatic rings. The Morgan fingerprint density at radius 3 is 2.18 bits per heavy atom. The third-order valence-corrected chi connectivity index (χ3v) is 11.8. The van der Waals surface area contributed by atoms with Crippen molar-refractivity contribution in [2.45, 2.75) is 97.1 Å². The highest BCUT2D eigenvalue weighted by molar-refractivity contribution is 5.99. The average molecular weight is 936 g/mol. The lowest BCUT2D eigenvalue weighted by Gasteiger charge is -2.33. The third kappa shape index (κ3) is 13.2. The number of ether oxygens (including phenoxy) is 2. The van der Waals surface area contributed by atoms with Crippen LogP contribution in [0, 0.1) is 18.3 Å². The molecule has 5 unspecified atom stereocenters. The number of carbonyl (C=O) groups is 4. The highest BCUT2D eigenvalue weighted by Gasteiger charge is 2.36. The SMILES string of the molecule is Cc1nc(-c2ccc(C(C)(C)C)cc2)ncc1C(=O)NC(CCN)C(=O)N(C)C1C(=O)NC(C)C(O)NC(C(=O)NCC(=N)C(C)C)Cc2ccc(OCCN)c(c2)-c2cc1ccc2OCCN. The zero-order valence-corrected chi connectivity index (χ0v) is 40.4. The predicted molar refractivity (Wildman–Crippen MR) is 262 cm³/mol. The highest BCUT2D eigenvalue weighted by atomic mass is 16.5. The predicted octanol–water partition coefficient (Wildman–Crippen LogP) is 2.87. The minimum Gasteiger partial charge on any atom is -0.492 e. The van der Waals surface area contributed by atoms with Crippen LogP contribution in [0.25, 0.3) is 22.5 Å². The van der Waals surface area contributed by atoms with Gasteiger partial charge in [0.2, 0.25) is 17.7 Å². The first-order valence-corrected chi connectivity index (χ1v) is 23.0. The number of aromatic nitrogens is 2. The molecule has 0 saturated carbocycles. The van der Waals surface area contributed by atoms with E-state index < -0.39 is 54.0 Å². The molecule has 0 radical (unpaired) electrons. The lowest BCUT2D eigenvalue weighted by Crippen LogP contribution is -2.58. The number of benzene rings is 3. The van der Waals surface area contributed by atoms with Crippen LogP contribution >= 0.6 is 0 Å². The number of nitrogens with one attached hydrogen (secondary N) is 5. The van der Waals surface area contributed by atoms with E-state index in [1.165, 1.54) is 18.1 Å². The van der Waals surface area contributed by atoms with Gasteiger partial charge in [0.25, 0.3) is 5.91 Å². The summed E-state index contributed by atoms with van der Waals surface area (Å²) in [5.41, 5.74) is 22.6. The molecule has 5 rings (SSSR count). The van der Waals surface area contributed by atoms with Crippen molar-refractivity contribution < 1.29 is 33.8 Å². The van der Waals surface area contributed by atoms with Crippen LogP contribution in [0.1, 0.15) is 86.7 Å². The number of nitrogens with two attached hydrogens (primary N) is 3. The maximum Gasteiger partial charge on any atom is 0.255 e. The molecule has 0 aliphatic carbocycles. The Kier molecular flexibility index (Phi) is 18.3. The normalized spacial score (nSPS) is 17.9. The summed E-state index contributed by atoms with van der Waals surface area (Å²) in [6, 6.07) is 13.8. The number of nitrogens with zero attached hydrogens (tertiary/aromatic N) is 3. The number of fused-ring (bicyclic) bond motifs is 5. The molecule has 4 amide bonds. The summed E-state index contributed by atoms with van der Waals surface area (Å²) in [7, 11) is 1.45. The number of hydrogen-bond acceptors (Lipinski definition) is 14. The zero-order valence-electron chi connectivity index (χ0n) is 40.4. The van der Waals surface area contributed by atoms with E-state index in [1.807, 2.05) is 44.2 Å². The molecule has 0 saturated heterocycles. The Balaban J connectivity index is 1.55. The first-order chi connectivity index (χ1) is 32.3. The average Bonchev–Trinajstić information content (AvgIpc) is 3.30. The van der Waals surface area contributed by atoms with Gasteiger partial charge in [0, 0.05) is 48.7 Å². The van der Waals surface area contributed by atoms with Gasteiger partial charge in [-0.3, -0.25) is 24.5 Å². The van der Waals surface area contributed by atoms with Crippen molar-refractivity contribution in [2.75, 3.05) is 46.4 Å². The maximum atomic E-state index is 14.7. The zero-order chi connectivity index (χ0) is 49.9. The Hall–Kier alpha value is -6.31. The van der Waals surface area contributed by atoms with Gasteiger partial charge in [-0.1, -0.05) is 71.0 Å². The maximum absolute atomic E-state index is 14.7.